The lowest BCUT2D eigenvalue weighted by molar-refractivity contribution is -0.139. The van der Waals surface area contributed by atoms with Gasteiger partial charge in [-0.25, -0.2) is 13.6 Å². The summed E-state index contributed by atoms with van der Waals surface area (Å²) in [6, 6.07) is 5.92. The molecule has 0 heterocycles. The molecule has 0 aliphatic heterocycles. The van der Waals surface area contributed by atoms with Crippen molar-refractivity contribution in [3.63, 3.8) is 0 Å². The lowest BCUT2D eigenvalue weighted by Gasteiger charge is -2.12. The van der Waals surface area contributed by atoms with E-state index in [4.69, 9.17) is 9.84 Å². The third kappa shape index (κ3) is 2.71. The van der Waals surface area contributed by atoms with Crippen molar-refractivity contribution >= 4 is 17.6 Å². The highest BCUT2D eigenvalue weighted by molar-refractivity contribution is 5.98. The van der Waals surface area contributed by atoms with E-state index in [1.54, 1.807) is 0 Å². The van der Waals surface area contributed by atoms with Crippen LogP contribution in [0.3, 0.4) is 0 Å². The molecular weight excluding hydrogens is 272 g/mol. The second-order valence-electron chi connectivity index (χ2n) is 4.88. The standard InChI is InChI=1S/C13H13F2NO4/c1-12(7-13(12,14)15)11(19)16-8-3-2-4-9(5-8)20-6-10(17)18/h2-5H,6-7H2,1H3,(H,16,19)(H,17,18). The zero-order chi connectivity index (χ0) is 15.0. The molecule has 0 aromatic heterocycles. The molecule has 1 aromatic rings. The number of ether oxygens (including phenoxy) is 1. The topological polar surface area (TPSA) is 75.6 Å². The number of alkyl halides is 2. The number of aliphatic carboxylic acids is 1. The van der Waals surface area contributed by atoms with Crippen LogP contribution in [0.2, 0.25) is 0 Å². The Morgan fingerprint density at radius 2 is 2.10 bits per heavy atom. The van der Waals surface area contributed by atoms with Gasteiger partial charge in [0.2, 0.25) is 5.91 Å². The highest BCUT2D eigenvalue weighted by Gasteiger charge is 2.72. The molecule has 1 atom stereocenters. The zero-order valence-electron chi connectivity index (χ0n) is 10.7. The number of anilines is 1. The van der Waals surface area contributed by atoms with Crippen LogP contribution in [0.1, 0.15) is 13.3 Å². The van der Waals surface area contributed by atoms with Gasteiger partial charge in [0.1, 0.15) is 11.2 Å². The molecule has 1 aromatic carbocycles. The lowest BCUT2D eigenvalue weighted by atomic mass is 10.1. The molecule has 5 nitrogen and oxygen atoms in total. The quantitative estimate of drug-likeness (QED) is 0.869. The Labute approximate surface area is 113 Å². The molecule has 20 heavy (non-hydrogen) atoms. The van der Waals surface area contributed by atoms with Gasteiger partial charge < -0.3 is 15.2 Å². The van der Waals surface area contributed by atoms with Crippen LogP contribution in [0.25, 0.3) is 0 Å². The predicted octanol–water partition coefficient (Wildman–Crippen LogP) is 2.13. The number of hydrogen-bond donors (Lipinski definition) is 2. The molecule has 0 saturated heterocycles. The Hall–Kier alpha value is -2.18. The first kappa shape index (κ1) is 14.2. The van der Waals surface area contributed by atoms with E-state index in [2.05, 4.69) is 5.32 Å². The first-order chi connectivity index (χ1) is 9.24. The lowest BCUT2D eigenvalue weighted by Crippen LogP contribution is -2.26. The maximum absolute atomic E-state index is 13.1. The van der Waals surface area contributed by atoms with E-state index < -0.39 is 36.2 Å². The molecule has 0 bridgehead atoms. The van der Waals surface area contributed by atoms with Gasteiger partial charge in [-0.05, 0) is 19.1 Å². The molecule has 0 radical (unpaired) electrons. The highest BCUT2D eigenvalue weighted by Crippen LogP contribution is 2.60. The Kier molecular flexibility index (Phi) is 3.37. The third-order valence-electron chi connectivity index (χ3n) is 3.21. The van der Waals surface area contributed by atoms with Crippen LogP contribution in [0.15, 0.2) is 24.3 Å². The first-order valence-corrected chi connectivity index (χ1v) is 5.88. The summed E-state index contributed by atoms with van der Waals surface area (Å²) in [5.41, 5.74) is -1.40. The average molecular weight is 285 g/mol. The molecule has 108 valence electrons. The SMILES string of the molecule is CC1(C(=O)Nc2cccc(OCC(=O)O)c2)CC1(F)F. The number of hydrogen-bond acceptors (Lipinski definition) is 3. The highest BCUT2D eigenvalue weighted by atomic mass is 19.3. The van der Waals surface area contributed by atoms with Crippen molar-refractivity contribution in [3.05, 3.63) is 24.3 Å². The van der Waals surface area contributed by atoms with E-state index in [-0.39, 0.29) is 11.4 Å². The zero-order valence-corrected chi connectivity index (χ0v) is 10.7. The predicted molar refractivity (Wildman–Crippen MR) is 65.9 cm³/mol. The van der Waals surface area contributed by atoms with Gasteiger partial charge in [0.15, 0.2) is 6.61 Å². The number of carbonyl (C=O) groups is 2. The van der Waals surface area contributed by atoms with Gasteiger partial charge in [0, 0.05) is 18.2 Å². The minimum atomic E-state index is -2.98. The maximum Gasteiger partial charge on any atom is 0.341 e. The van der Waals surface area contributed by atoms with E-state index in [1.165, 1.54) is 31.2 Å². The fraction of sp³-hybridized carbons (Fsp3) is 0.385. The summed E-state index contributed by atoms with van der Waals surface area (Å²) >= 11 is 0. The van der Waals surface area contributed by atoms with Crippen molar-refractivity contribution in [2.75, 3.05) is 11.9 Å². The summed E-state index contributed by atoms with van der Waals surface area (Å²) in [5.74, 6) is -4.64. The van der Waals surface area contributed by atoms with Gasteiger partial charge in [-0.2, -0.15) is 0 Å². The maximum atomic E-state index is 13.1. The number of carboxylic acid groups (broad SMARTS) is 1. The number of halogens is 2. The smallest absolute Gasteiger partial charge is 0.341 e. The van der Waals surface area contributed by atoms with E-state index in [9.17, 15) is 18.4 Å². The second-order valence-corrected chi connectivity index (χ2v) is 4.88. The van der Waals surface area contributed by atoms with Crippen LogP contribution in [0.5, 0.6) is 5.75 Å². The van der Waals surface area contributed by atoms with Crippen molar-refractivity contribution in [3.8, 4) is 5.75 Å². The fourth-order valence-electron chi connectivity index (χ4n) is 1.72. The van der Waals surface area contributed by atoms with Crippen molar-refractivity contribution in [2.45, 2.75) is 19.3 Å². The van der Waals surface area contributed by atoms with Crippen molar-refractivity contribution < 1.29 is 28.2 Å². The van der Waals surface area contributed by atoms with E-state index >= 15 is 0 Å². The summed E-state index contributed by atoms with van der Waals surface area (Å²) in [6.45, 7) is 0.681. The number of carboxylic acids is 1. The van der Waals surface area contributed by atoms with Crippen LogP contribution in [0.4, 0.5) is 14.5 Å². The van der Waals surface area contributed by atoms with E-state index in [1.807, 2.05) is 0 Å². The number of benzene rings is 1. The third-order valence-corrected chi connectivity index (χ3v) is 3.21. The minimum absolute atomic E-state index is 0.234. The van der Waals surface area contributed by atoms with Gasteiger partial charge in [-0.15, -0.1) is 0 Å². The minimum Gasteiger partial charge on any atom is -0.482 e. The monoisotopic (exact) mass is 285 g/mol. The van der Waals surface area contributed by atoms with Gasteiger partial charge in [-0.1, -0.05) is 6.07 Å². The molecule has 1 aliphatic rings. The summed E-state index contributed by atoms with van der Waals surface area (Å²) in [7, 11) is 0. The first-order valence-electron chi connectivity index (χ1n) is 5.88. The Balaban J connectivity index is 2.02. The summed E-state index contributed by atoms with van der Waals surface area (Å²) in [5, 5.41) is 10.9. The number of nitrogens with one attached hydrogen (secondary N) is 1. The molecule has 1 amide bonds. The average Bonchev–Trinajstić information content (AvgIpc) is 2.88. The van der Waals surface area contributed by atoms with Crippen LogP contribution in [-0.4, -0.2) is 29.5 Å². The Bertz CT molecular complexity index is 561. The molecule has 7 heteroatoms. The number of amides is 1. The van der Waals surface area contributed by atoms with Crippen molar-refractivity contribution in [1.82, 2.24) is 0 Å². The molecule has 1 aliphatic carbocycles. The normalized spacial score (nSPS) is 22.9. The van der Waals surface area contributed by atoms with E-state index in [0.29, 0.717) is 0 Å². The Morgan fingerprint density at radius 1 is 1.45 bits per heavy atom. The molecule has 0 spiro atoms. The van der Waals surface area contributed by atoms with Crippen LogP contribution < -0.4 is 10.1 Å². The largest absolute Gasteiger partial charge is 0.482 e. The molecule has 1 saturated carbocycles. The Morgan fingerprint density at radius 3 is 2.65 bits per heavy atom. The molecular formula is C13H13F2NO4. The van der Waals surface area contributed by atoms with Crippen LogP contribution >= 0.6 is 0 Å². The van der Waals surface area contributed by atoms with Gasteiger partial charge in [0.25, 0.3) is 5.92 Å². The van der Waals surface area contributed by atoms with E-state index in [0.717, 1.165) is 0 Å². The fourth-order valence-corrected chi connectivity index (χ4v) is 1.72. The molecule has 1 fully saturated rings. The molecule has 1 unspecified atom stereocenters. The van der Waals surface area contributed by atoms with Gasteiger partial charge in [-0.3, -0.25) is 4.79 Å². The molecule has 2 N–H and O–H groups in total. The summed E-state index contributed by atoms with van der Waals surface area (Å²) in [6.07, 6.45) is -0.471. The number of rotatable bonds is 5. The summed E-state index contributed by atoms with van der Waals surface area (Å²) < 4.78 is 31.1. The van der Waals surface area contributed by atoms with Gasteiger partial charge in [0.05, 0.1) is 0 Å². The second kappa shape index (κ2) is 4.73. The van der Waals surface area contributed by atoms with Crippen LogP contribution in [-0.2, 0) is 9.59 Å². The van der Waals surface area contributed by atoms with Crippen molar-refractivity contribution in [2.24, 2.45) is 5.41 Å². The van der Waals surface area contributed by atoms with Crippen molar-refractivity contribution in [1.29, 1.82) is 0 Å². The summed E-state index contributed by atoms with van der Waals surface area (Å²) in [4.78, 5) is 22.1. The number of carbonyl (C=O) groups excluding carboxylic acids is 1. The van der Waals surface area contributed by atoms with Gasteiger partial charge >= 0.3 is 5.97 Å². The molecule has 2 rings (SSSR count). The van der Waals surface area contributed by atoms with Crippen LogP contribution in [0, 0.1) is 5.41 Å².